The first kappa shape index (κ1) is 15.2. The quantitative estimate of drug-likeness (QED) is 0.727. The Bertz CT molecular complexity index is 413. The minimum Gasteiger partial charge on any atom is -0.325 e. The molecule has 0 aliphatic heterocycles. The van der Waals surface area contributed by atoms with Crippen LogP contribution in [0.5, 0.6) is 0 Å². The summed E-state index contributed by atoms with van der Waals surface area (Å²) in [6.07, 6.45) is 4.57. The van der Waals surface area contributed by atoms with E-state index < -0.39 is 0 Å². The number of benzene rings is 1. The molecule has 0 fully saturated rings. The van der Waals surface area contributed by atoms with Gasteiger partial charge in [-0.2, -0.15) is 0 Å². The van der Waals surface area contributed by atoms with Crippen LogP contribution in [-0.2, 0) is 11.2 Å². The van der Waals surface area contributed by atoms with Gasteiger partial charge in [0.2, 0.25) is 5.91 Å². The molecule has 0 aliphatic carbocycles. The van der Waals surface area contributed by atoms with Crippen LogP contribution in [0.25, 0.3) is 0 Å². The van der Waals surface area contributed by atoms with Gasteiger partial charge in [-0.15, -0.1) is 13.2 Å². The van der Waals surface area contributed by atoms with Crippen LogP contribution in [0, 0.1) is 0 Å². The minimum atomic E-state index is -0.0204. The van der Waals surface area contributed by atoms with Crippen molar-refractivity contribution in [2.45, 2.75) is 13.3 Å². The number of carbonyl (C=O) groups is 1. The van der Waals surface area contributed by atoms with E-state index in [0.29, 0.717) is 19.6 Å². The van der Waals surface area contributed by atoms with Crippen LogP contribution in [-0.4, -0.2) is 30.4 Å². The molecule has 3 heteroatoms. The highest BCUT2D eigenvalue weighted by atomic mass is 16.2. The molecule has 0 spiro atoms. The van der Waals surface area contributed by atoms with Crippen LogP contribution in [0.3, 0.4) is 0 Å². The maximum atomic E-state index is 11.9. The van der Waals surface area contributed by atoms with Gasteiger partial charge in [-0.25, -0.2) is 0 Å². The molecule has 0 heterocycles. The van der Waals surface area contributed by atoms with Crippen molar-refractivity contribution in [3.05, 3.63) is 55.1 Å². The summed E-state index contributed by atoms with van der Waals surface area (Å²) in [6.45, 7) is 11.2. The Labute approximate surface area is 115 Å². The third kappa shape index (κ3) is 5.53. The van der Waals surface area contributed by atoms with E-state index in [9.17, 15) is 4.79 Å². The lowest BCUT2D eigenvalue weighted by atomic mass is 10.1. The molecule has 0 aliphatic rings. The predicted octanol–water partition coefficient (Wildman–Crippen LogP) is 2.86. The number of aryl methyl sites for hydroxylation is 1. The highest BCUT2D eigenvalue weighted by molar-refractivity contribution is 5.92. The highest BCUT2D eigenvalue weighted by Gasteiger charge is 2.08. The Morgan fingerprint density at radius 2 is 1.79 bits per heavy atom. The van der Waals surface area contributed by atoms with E-state index >= 15 is 0 Å². The first-order valence-corrected chi connectivity index (χ1v) is 6.52. The standard InChI is InChI=1S/C16H22N2O/c1-4-11-18(12-5-2)13-16(19)17-15-9-7-14(6-3)8-10-15/h4-5,7-10H,1-2,6,11-13H2,3H3,(H,17,19). The first-order valence-electron chi connectivity index (χ1n) is 6.52. The molecule has 0 bridgehead atoms. The molecule has 102 valence electrons. The average molecular weight is 258 g/mol. The molecule has 0 saturated heterocycles. The van der Waals surface area contributed by atoms with Gasteiger partial charge in [0.15, 0.2) is 0 Å². The number of hydrogen-bond acceptors (Lipinski definition) is 2. The second-order valence-corrected chi connectivity index (χ2v) is 4.37. The van der Waals surface area contributed by atoms with E-state index in [-0.39, 0.29) is 5.91 Å². The van der Waals surface area contributed by atoms with Crippen molar-refractivity contribution in [3.63, 3.8) is 0 Å². The Balaban J connectivity index is 2.52. The van der Waals surface area contributed by atoms with Gasteiger partial charge in [-0.1, -0.05) is 31.2 Å². The Hall–Kier alpha value is -1.87. The average Bonchev–Trinajstić information content (AvgIpc) is 2.40. The van der Waals surface area contributed by atoms with Crippen LogP contribution in [0.1, 0.15) is 12.5 Å². The third-order valence-corrected chi connectivity index (χ3v) is 2.79. The molecular formula is C16H22N2O. The van der Waals surface area contributed by atoms with E-state index in [1.165, 1.54) is 5.56 Å². The summed E-state index contributed by atoms with van der Waals surface area (Å²) in [4.78, 5) is 13.9. The zero-order valence-electron chi connectivity index (χ0n) is 11.6. The fraction of sp³-hybridized carbons (Fsp3) is 0.312. The Kier molecular flexibility index (Phi) is 6.61. The molecule has 3 nitrogen and oxygen atoms in total. The molecule has 1 amide bonds. The second-order valence-electron chi connectivity index (χ2n) is 4.37. The van der Waals surface area contributed by atoms with E-state index in [4.69, 9.17) is 0 Å². The monoisotopic (exact) mass is 258 g/mol. The minimum absolute atomic E-state index is 0.0204. The Morgan fingerprint density at radius 3 is 2.26 bits per heavy atom. The lowest BCUT2D eigenvalue weighted by Crippen LogP contribution is -2.33. The van der Waals surface area contributed by atoms with E-state index in [2.05, 4.69) is 25.4 Å². The fourth-order valence-corrected chi connectivity index (χ4v) is 1.80. The molecule has 0 atom stereocenters. The zero-order chi connectivity index (χ0) is 14.1. The molecule has 0 unspecified atom stereocenters. The van der Waals surface area contributed by atoms with Crippen LogP contribution in [0.4, 0.5) is 5.69 Å². The highest BCUT2D eigenvalue weighted by Crippen LogP contribution is 2.09. The van der Waals surface area contributed by atoms with E-state index in [1.807, 2.05) is 29.2 Å². The molecule has 0 saturated carbocycles. The van der Waals surface area contributed by atoms with Crippen molar-refractivity contribution in [2.75, 3.05) is 25.0 Å². The molecule has 0 aromatic heterocycles. The summed E-state index contributed by atoms with van der Waals surface area (Å²) < 4.78 is 0. The van der Waals surface area contributed by atoms with E-state index in [1.54, 1.807) is 12.2 Å². The van der Waals surface area contributed by atoms with Crippen molar-refractivity contribution >= 4 is 11.6 Å². The maximum Gasteiger partial charge on any atom is 0.238 e. The van der Waals surface area contributed by atoms with Gasteiger partial charge in [0.05, 0.1) is 6.54 Å². The van der Waals surface area contributed by atoms with Gasteiger partial charge >= 0.3 is 0 Å². The fourth-order valence-electron chi connectivity index (χ4n) is 1.80. The van der Waals surface area contributed by atoms with Gasteiger partial charge in [-0.05, 0) is 24.1 Å². The van der Waals surface area contributed by atoms with Crippen molar-refractivity contribution < 1.29 is 4.79 Å². The number of carbonyl (C=O) groups excluding carboxylic acids is 1. The number of nitrogens with one attached hydrogen (secondary N) is 1. The summed E-state index contributed by atoms with van der Waals surface area (Å²) in [5.41, 5.74) is 2.09. The number of anilines is 1. The number of hydrogen-bond donors (Lipinski definition) is 1. The van der Waals surface area contributed by atoms with Crippen molar-refractivity contribution in [1.82, 2.24) is 4.90 Å². The van der Waals surface area contributed by atoms with Crippen LogP contribution in [0.2, 0.25) is 0 Å². The Morgan fingerprint density at radius 1 is 1.21 bits per heavy atom. The molecule has 0 radical (unpaired) electrons. The summed E-state index contributed by atoms with van der Waals surface area (Å²) in [5.74, 6) is -0.0204. The molecule has 19 heavy (non-hydrogen) atoms. The van der Waals surface area contributed by atoms with Crippen LogP contribution < -0.4 is 5.32 Å². The predicted molar refractivity (Wildman–Crippen MR) is 81.3 cm³/mol. The number of rotatable bonds is 8. The lowest BCUT2D eigenvalue weighted by Gasteiger charge is -2.18. The van der Waals surface area contributed by atoms with Crippen LogP contribution in [0.15, 0.2) is 49.6 Å². The first-order chi connectivity index (χ1) is 9.19. The smallest absolute Gasteiger partial charge is 0.238 e. The summed E-state index contributed by atoms with van der Waals surface area (Å²) >= 11 is 0. The number of amides is 1. The van der Waals surface area contributed by atoms with Crippen LogP contribution >= 0.6 is 0 Å². The van der Waals surface area contributed by atoms with Crippen molar-refractivity contribution in [1.29, 1.82) is 0 Å². The second kappa shape index (κ2) is 8.27. The topological polar surface area (TPSA) is 32.3 Å². The van der Waals surface area contributed by atoms with Gasteiger partial charge in [-0.3, -0.25) is 9.69 Å². The molecule has 1 N–H and O–H groups in total. The summed E-state index contributed by atoms with van der Waals surface area (Å²) in [6, 6.07) is 7.92. The molecular weight excluding hydrogens is 236 g/mol. The lowest BCUT2D eigenvalue weighted by molar-refractivity contribution is -0.117. The maximum absolute atomic E-state index is 11.9. The van der Waals surface area contributed by atoms with E-state index in [0.717, 1.165) is 12.1 Å². The normalized spacial score (nSPS) is 10.2. The van der Waals surface area contributed by atoms with Crippen molar-refractivity contribution in [3.8, 4) is 0 Å². The third-order valence-electron chi connectivity index (χ3n) is 2.79. The number of nitrogens with zero attached hydrogens (tertiary/aromatic N) is 1. The molecule has 1 aromatic carbocycles. The molecule has 1 rings (SSSR count). The summed E-state index contributed by atoms with van der Waals surface area (Å²) in [5, 5.41) is 2.89. The SMILES string of the molecule is C=CCN(CC=C)CC(=O)Nc1ccc(CC)cc1. The van der Waals surface area contributed by atoms with Gasteiger partial charge in [0.25, 0.3) is 0 Å². The van der Waals surface area contributed by atoms with Gasteiger partial charge in [0, 0.05) is 18.8 Å². The molecule has 1 aromatic rings. The summed E-state index contributed by atoms with van der Waals surface area (Å²) in [7, 11) is 0. The van der Waals surface area contributed by atoms with Gasteiger partial charge < -0.3 is 5.32 Å². The zero-order valence-corrected chi connectivity index (χ0v) is 11.6. The largest absolute Gasteiger partial charge is 0.325 e. The van der Waals surface area contributed by atoms with Crippen molar-refractivity contribution in [2.24, 2.45) is 0 Å². The van der Waals surface area contributed by atoms with Gasteiger partial charge in [0.1, 0.15) is 0 Å².